The standard InChI is InChI=1S/C25H24N4O3/c1-15(2)21-17(9-10-20(30)28-21)23(31)29-13-11-25(22(29)16-6-5-12-26-14-16)18-7-3-4-8-19(18)27-24(25)32/h3-10,12,14-15,22H,11,13H2,1-2H3,(H,27,32)(H,28,30). The lowest BCUT2D eigenvalue weighted by atomic mass is 9.73. The van der Waals surface area contributed by atoms with Crippen molar-refractivity contribution in [3.05, 3.63) is 93.7 Å². The molecule has 1 saturated heterocycles. The van der Waals surface area contributed by atoms with Gasteiger partial charge in [0.25, 0.3) is 5.91 Å². The van der Waals surface area contributed by atoms with Crippen LogP contribution in [0.15, 0.2) is 65.7 Å². The number of amides is 2. The molecular formula is C25H24N4O3. The van der Waals surface area contributed by atoms with Crippen molar-refractivity contribution in [3.63, 3.8) is 0 Å². The number of anilines is 1. The van der Waals surface area contributed by atoms with Crippen molar-refractivity contribution < 1.29 is 9.59 Å². The topological polar surface area (TPSA) is 95.2 Å². The van der Waals surface area contributed by atoms with Gasteiger partial charge in [0.05, 0.1) is 11.6 Å². The summed E-state index contributed by atoms with van der Waals surface area (Å²) in [7, 11) is 0. The molecule has 0 bridgehead atoms. The van der Waals surface area contributed by atoms with E-state index in [0.29, 0.717) is 24.2 Å². The molecule has 2 aromatic heterocycles. The van der Waals surface area contributed by atoms with E-state index in [9.17, 15) is 14.4 Å². The van der Waals surface area contributed by atoms with Gasteiger partial charge in [-0.3, -0.25) is 19.4 Å². The molecule has 5 rings (SSSR count). The molecule has 2 aliphatic heterocycles. The molecular weight excluding hydrogens is 404 g/mol. The summed E-state index contributed by atoms with van der Waals surface area (Å²) in [6, 6.07) is 13.9. The van der Waals surface area contributed by atoms with Crippen LogP contribution in [0.1, 0.15) is 59.4 Å². The molecule has 2 aliphatic rings. The third kappa shape index (κ3) is 2.88. The number of fused-ring (bicyclic) bond motifs is 2. The fraction of sp³-hybridized carbons (Fsp3) is 0.280. The van der Waals surface area contributed by atoms with Gasteiger partial charge in [-0.25, -0.2) is 0 Å². The molecule has 3 aromatic rings. The number of nitrogens with one attached hydrogen (secondary N) is 2. The Morgan fingerprint density at radius 2 is 1.94 bits per heavy atom. The van der Waals surface area contributed by atoms with Crippen LogP contribution < -0.4 is 10.9 Å². The number of hydrogen-bond acceptors (Lipinski definition) is 4. The molecule has 2 unspecified atom stereocenters. The average Bonchev–Trinajstić information content (AvgIpc) is 3.33. The number of nitrogens with zero attached hydrogens (tertiary/aromatic N) is 2. The van der Waals surface area contributed by atoms with E-state index in [1.165, 1.54) is 6.07 Å². The molecule has 1 aromatic carbocycles. The Morgan fingerprint density at radius 3 is 2.69 bits per heavy atom. The molecule has 2 atom stereocenters. The lowest BCUT2D eigenvalue weighted by molar-refractivity contribution is -0.121. The van der Waals surface area contributed by atoms with Crippen molar-refractivity contribution >= 4 is 17.5 Å². The summed E-state index contributed by atoms with van der Waals surface area (Å²) in [5.74, 6) is -0.340. The SMILES string of the molecule is CC(C)c1[nH]c(=O)ccc1C(=O)N1CCC2(C(=O)Nc3ccccc32)C1c1cccnc1. The number of carbonyl (C=O) groups is 2. The molecule has 2 N–H and O–H groups in total. The first kappa shape index (κ1) is 20.2. The molecule has 32 heavy (non-hydrogen) atoms. The summed E-state index contributed by atoms with van der Waals surface area (Å²) < 4.78 is 0. The van der Waals surface area contributed by atoms with Crippen molar-refractivity contribution in [1.29, 1.82) is 0 Å². The van der Waals surface area contributed by atoms with Gasteiger partial charge in [0.15, 0.2) is 0 Å². The normalized spacial score (nSPS) is 21.8. The Labute approximate surface area is 185 Å². The molecule has 7 nitrogen and oxygen atoms in total. The number of pyridine rings is 2. The highest BCUT2D eigenvalue weighted by atomic mass is 16.2. The third-order valence-corrected chi connectivity index (χ3v) is 6.60. The van der Waals surface area contributed by atoms with E-state index in [-0.39, 0.29) is 23.3 Å². The van der Waals surface area contributed by atoms with Crippen molar-refractivity contribution in [3.8, 4) is 0 Å². The Kier molecular flexibility index (Phi) is 4.69. The van der Waals surface area contributed by atoms with Gasteiger partial charge in [-0.1, -0.05) is 38.1 Å². The summed E-state index contributed by atoms with van der Waals surface area (Å²) in [6.45, 7) is 4.29. The zero-order chi connectivity index (χ0) is 22.5. The number of aromatic nitrogens is 2. The summed E-state index contributed by atoms with van der Waals surface area (Å²) in [6.07, 6.45) is 3.91. The predicted molar refractivity (Wildman–Crippen MR) is 121 cm³/mol. The van der Waals surface area contributed by atoms with Crippen molar-refractivity contribution in [1.82, 2.24) is 14.9 Å². The minimum absolute atomic E-state index is 0.0354. The van der Waals surface area contributed by atoms with Crippen LogP contribution in [-0.2, 0) is 10.2 Å². The van der Waals surface area contributed by atoms with Crippen LogP contribution in [0.4, 0.5) is 5.69 Å². The largest absolute Gasteiger partial charge is 0.330 e. The van der Waals surface area contributed by atoms with Crippen LogP contribution in [0.25, 0.3) is 0 Å². The average molecular weight is 428 g/mol. The van der Waals surface area contributed by atoms with Crippen LogP contribution in [0.5, 0.6) is 0 Å². The number of rotatable bonds is 3. The zero-order valence-corrected chi connectivity index (χ0v) is 18.0. The molecule has 1 fully saturated rings. The highest BCUT2D eigenvalue weighted by molar-refractivity contribution is 6.08. The van der Waals surface area contributed by atoms with Crippen LogP contribution in [-0.4, -0.2) is 33.2 Å². The minimum Gasteiger partial charge on any atom is -0.330 e. The number of likely N-dealkylation sites (tertiary alicyclic amines) is 1. The molecule has 1 spiro atoms. The maximum Gasteiger partial charge on any atom is 0.256 e. The molecule has 2 amide bonds. The number of H-pyrrole nitrogens is 1. The van der Waals surface area contributed by atoms with E-state index in [4.69, 9.17) is 0 Å². The number of carbonyl (C=O) groups excluding carboxylic acids is 2. The summed E-state index contributed by atoms with van der Waals surface area (Å²) in [5, 5.41) is 3.02. The van der Waals surface area contributed by atoms with E-state index in [1.54, 1.807) is 23.4 Å². The van der Waals surface area contributed by atoms with Gasteiger partial charge in [-0.2, -0.15) is 0 Å². The van der Waals surface area contributed by atoms with E-state index in [0.717, 1.165) is 16.8 Å². The van der Waals surface area contributed by atoms with Gasteiger partial charge < -0.3 is 15.2 Å². The van der Waals surface area contributed by atoms with Crippen LogP contribution in [0.2, 0.25) is 0 Å². The van der Waals surface area contributed by atoms with Crippen molar-refractivity contribution in [2.45, 2.75) is 37.6 Å². The van der Waals surface area contributed by atoms with Gasteiger partial charge in [0, 0.05) is 36.4 Å². The smallest absolute Gasteiger partial charge is 0.256 e. The first-order valence-corrected chi connectivity index (χ1v) is 10.8. The Bertz CT molecular complexity index is 1270. The van der Waals surface area contributed by atoms with Crippen LogP contribution in [0.3, 0.4) is 0 Å². The number of aromatic amines is 1. The lowest BCUT2D eigenvalue weighted by Gasteiger charge is -2.34. The van der Waals surface area contributed by atoms with Gasteiger partial charge >= 0.3 is 0 Å². The quantitative estimate of drug-likeness (QED) is 0.669. The maximum absolute atomic E-state index is 13.9. The predicted octanol–water partition coefficient (Wildman–Crippen LogP) is 3.37. The maximum atomic E-state index is 13.9. The minimum atomic E-state index is -0.893. The van der Waals surface area contributed by atoms with Gasteiger partial charge in [-0.05, 0) is 41.7 Å². The van der Waals surface area contributed by atoms with Crippen LogP contribution >= 0.6 is 0 Å². The van der Waals surface area contributed by atoms with Crippen molar-refractivity contribution in [2.24, 2.45) is 0 Å². The summed E-state index contributed by atoms with van der Waals surface area (Å²) in [4.78, 5) is 48.1. The van der Waals surface area contributed by atoms with E-state index in [1.807, 2.05) is 50.2 Å². The second kappa shape index (κ2) is 7.44. The fourth-order valence-electron chi connectivity index (χ4n) is 5.19. The number of benzene rings is 1. The van der Waals surface area contributed by atoms with E-state index < -0.39 is 11.5 Å². The Hall–Kier alpha value is -3.74. The third-order valence-electron chi connectivity index (χ3n) is 6.60. The molecule has 4 heterocycles. The van der Waals surface area contributed by atoms with E-state index >= 15 is 0 Å². The Balaban J connectivity index is 1.67. The highest BCUT2D eigenvalue weighted by Gasteiger charge is 2.59. The summed E-state index contributed by atoms with van der Waals surface area (Å²) in [5.41, 5.74) is 2.42. The van der Waals surface area contributed by atoms with Gasteiger partial charge in [0.1, 0.15) is 5.41 Å². The molecule has 162 valence electrons. The molecule has 0 aliphatic carbocycles. The van der Waals surface area contributed by atoms with Crippen molar-refractivity contribution in [2.75, 3.05) is 11.9 Å². The summed E-state index contributed by atoms with van der Waals surface area (Å²) >= 11 is 0. The number of hydrogen-bond donors (Lipinski definition) is 2. The second-order valence-corrected chi connectivity index (χ2v) is 8.71. The molecule has 0 radical (unpaired) electrons. The molecule has 0 saturated carbocycles. The second-order valence-electron chi connectivity index (χ2n) is 8.71. The first-order chi connectivity index (χ1) is 15.4. The van der Waals surface area contributed by atoms with Gasteiger partial charge in [0.2, 0.25) is 11.5 Å². The zero-order valence-electron chi connectivity index (χ0n) is 18.0. The highest BCUT2D eigenvalue weighted by Crippen LogP contribution is 2.54. The first-order valence-electron chi connectivity index (χ1n) is 10.8. The lowest BCUT2D eigenvalue weighted by Crippen LogP contribution is -2.43. The van der Waals surface area contributed by atoms with E-state index in [2.05, 4.69) is 15.3 Å². The number of para-hydroxylation sites is 1. The van der Waals surface area contributed by atoms with Crippen LogP contribution in [0, 0.1) is 0 Å². The fourth-order valence-corrected chi connectivity index (χ4v) is 5.19. The van der Waals surface area contributed by atoms with Gasteiger partial charge in [-0.15, -0.1) is 0 Å². The Morgan fingerprint density at radius 1 is 1.12 bits per heavy atom. The monoisotopic (exact) mass is 428 g/mol. The molecule has 7 heteroatoms.